The summed E-state index contributed by atoms with van der Waals surface area (Å²) >= 11 is 0. The third-order valence-corrected chi connectivity index (χ3v) is 8.53. The Balaban J connectivity index is 1.20. The summed E-state index contributed by atoms with van der Waals surface area (Å²) in [6, 6.07) is 41.2. The number of hydrogen-bond acceptors (Lipinski definition) is 3. The molecule has 9 aromatic rings. The van der Waals surface area contributed by atoms with E-state index in [4.69, 9.17) is 24.5 Å². The van der Waals surface area contributed by atoms with Crippen molar-refractivity contribution in [1.82, 2.24) is 15.0 Å². The Hall–Kier alpha value is -6.45. The maximum absolute atomic E-state index is 8.99. The van der Waals surface area contributed by atoms with E-state index in [-0.39, 0.29) is 34.5 Å². The second kappa shape index (κ2) is 11.7. The van der Waals surface area contributed by atoms with Crippen molar-refractivity contribution >= 4 is 32.3 Å². The zero-order chi connectivity index (χ0) is 38.0. The van der Waals surface area contributed by atoms with Gasteiger partial charge < -0.3 is 0 Å². The van der Waals surface area contributed by atoms with Crippen LogP contribution in [0.2, 0.25) is 0 Å². The van der Waals surface area contributed by atoms with Crippen molar-refractivity contribution in [3.8, 4) is 56.4 Å². The van der Waals surface area contributed by atoms with Crippen molar-refractivity contribution in [2.24, 2.45) is 0 Å². The Morgan fingerprint density at radius 3 is 1.71 bits per heavy atom. The molecule has 0 amide bonds. The second-order valence-electron chi connectivity index (χ2n) is 11.5. The molecule has 0 saturated carbocycles. The van der Waals surface area contributed by atoms with Gasteiger partial charge in [-0.1, -0.05) is 158 Å². The van der Waals surface area contributed by atoms with E-state index in [9.17, 15) is 0 Å². The second-order valence-corrected chi connectivity index (χ2v) is 11.5. The number of rotatable bonds is 5. The van der Waals surface area contributed by atoms with Gasteiger partial charge in [0.2, 0.25) is 0 Å². The molecule has 0 saturated heterocycles. The van der Waals surface area contributed by atoms with E-state index in [1.165, 1.54) is 0 Å². The average Bonchev–Trinajstić information content (AvgIpc) is 3.23. The lowest BCUT2D eigenvalue weighted by atomic mass is 9.94. The van der Waals surface area contributed by atoms with E-state index in [1.807, 2.05) is 91.0 Å². The largest absolute Gasteiger partial charge is 0.208 e. The molecule has 1 aromatic heterocycles. The molecule has 0 unspecified atom stereocenters. The van der Waals surface area contributed by atoms with Gasteiger partial charge in [-0.05, 0) is 67.4 Å². The van der Waals surface area contributed by atoms with E-state index in [0.717, 1.165) is 49.4 Å². The summed E-state index contributed by atoms with van der Waals surface area (Å²) < 4.78 is 59.6. The van der Waals surface area contributed by atoms with Gasteiger partial charge in [-0.3, -0.25) is 0 Å². The molecule has 0 aliphatic rings. The van der Waals surface area contributed by atoms with E-state index < -0.39 is 24.2 Å². The first-order valence-electron chi connectivity index (χ1n) is 19.1. The molecule has 0 aliphatic heterocycles. The van der Waals surface area contributed by atoms with Crippen LogP contribution < -0.4 is 0 Å². The van der Waals surface area contributed by atoms with Crippen LogP contribution in [-0.4, -0.2) is 15.0 Å². The van der Waals surface area contributed by atoms with Crippen LogP contribution in [0.5, 0.6) is 0 Å². The van der Waals surface area contributed by atoms with Gasteiger partial charge in [0.15, 0.2) is 17.5 Å². The number of nitrogens with zero attached hydrogens (tertiary/aromatic N) is 3. The Kier molecular flexibility index (Phi) is 5.22. The molecule has 0 fully saturated rings. The van der Waals surface area contributed by atoms with Gasteiger partial charge in [0.05, 0.1) is 9.60 Å². The molecular formula is C45H29N3. The van der Waals surface area contributed by atoms with E-state index in [2.05, 4.69) is 36.4 Å². The van der Waals surface area contributed by atoms with E-state index >= 15 is 0 Å². The maximum atomic E-state index is 8.99. The summed E-state index contributed by atoms with van der Waals surface area (Å²) in [6.07, 6.45) is 0. The average molecular weight is 619 g/mol. The van der Waals surface area contributed by atoms with Crippen molar-refractivity contribution in [1.29, 1.82) is 0 Å². The number of aromatic nitrogens is 3. The van der Waals surface area contributed by atoms with Gasteiger partial charge >= 0.3 is 0 Å². The first kappa shape index (κ1) is 21.4. The van der Waals surface area contributed by atoms with Crippen LogP contribution in [0.25, 0.3) is 88.7 Å². The van der Waals surface area contributed by atoms with Gasteiger partial charge in [-0.15, -0.1) is 0 Å². The molecule has 3 heteroatoms. The van der Waals surface area contributed by atoms with Crippen LogP contribution in [-0.2, 0) is 0 Å². The van der Waals surface area contributed by atoms with Gasteiger partial charge in [-0.2, -0.15) is 0 Å². The minimum Gasteiger partial charge on any atom is -0.208 e. The predicted molar refractivity (Wildman–Crippen MR) is 200 cm³/mol. The van der Waals surface area contributed by atoms with E-state index in [0.29, 0.717) is 23.0 Å². The third kappa shape index (κ3) is 5.08. The van der Waals surface area contributed by atoms with Gasteiger partial charge in [0.25, 0.3) is 0 Å². The molecule has 0 atom stereocenters. The SMILES string of the molecule is [2H]c1c([2H])c([2H])c2c([2H])c(-c3ccc4cc(-c5nc(-c6ccccc6)nc(-c6cccc7cccc(-c8ccccc8)c67)n5)ccc4c3)c([2H])c([2H])c2c1[2H]. The van der Waals surface area contributed by atoms with Crippen LogP contribution in [0.15, 0.2) is 176 Å². The smallest absolute Gasteiger partial charge is 0.164 e. The summed E-state index contributed by atoms with van der Waals surface area (Å²) in [5.41, 5.74) is 5.30. The summed E-state index contributed by atoms with van der Waals surface area (Å²) in [5.74, 6) is 1.57. The van der Waals surface area contributed by atoms with Crippen molar-refractivity contribution in [3.63, 3.8) is 0 Å². The van der Waals surface area contributed by atoms with Gasteiger partial charge in [0, 0.05) is 22.1 Å². The Labute approximate surface area is 288 Å². The molecule has 8 aromatic carbocycles. The van der Waals surface area contributed by atoms with Crippen molar-refractivity contribution in [2.75, 3.05) is 0 Å². The molecule has 0 aliphatic carbocycles. The fourth-order valence-electron chi connectivity index (χ4n) is 6.19. The highest BCUT2D eigenvalue weighted by atomic mass is 15.0. The lowest BCUT2D eigenvalue weighted by Gasteiger charge is -2.13. The molecular weight excluding hydrogens is 583 g/mol. The fraction of sp³-hybridized carbons (Fsp3) is 0. The Morgan fingerprint density at radius 2 is 0.958 bits per heavy atom. The molecule has 48 heavy (non-hydrogen) atoms. The Bertz CT molecular complexity index is 3000. The van der Waals surface area contributed by atoms with Crippen molar-refractivity contribution < 1.29 is 9.60 Å². The highest BCUT2D eigenvalue weighted by Crippen LogP contribution is 2.37. The first-order valence-corrected chi connectivity index (χ1v) is 15.6. The van der Waals surface area contributed by atoms with Crippen LogP contribution in [0.1, 0.15) is 9.60 Å². The molecule has 0 radical (unpaired) electrons. The molecule has 9 rings (SSSR count). The summed E-state index contributed by atoms with van der Waals surface area (Å²) in [4.78, 5) is 15.1. The van der Waals surface area contributed by atoms with E-state index in [1.54, 1.807) is 6.07 Å². The molecule has 0 spiro atoms. The third-order valence-electron chi connectivity index (χ3n) is 8.53. The normalized spacial score (nSPS) is 13.4. The monoisotopic (exact) mass is 618 g/mol. The number of benzene rings is 8. The van der Waals surface area contributed by atoms with Gasteiger partial charge in [-0.25, -0.2) is 15.0 Å². The Morgan fingerprint density at radius 1 is 0.354 bits per heavy atom. The fourth-order valence-corrected chi connectivity index (χ4v) is 6.19. The van der Waals surface area contributed by atoms with Gasteiger partial charge in [0.1, 0.15) is 0 Å². The first-order chi connectivity index (χ1) is 26.7. The highest BCUT2D eigenvalue weighted by molar-refractivity contribution is 6.05. The van der Waals surface area contributed by atoms with Crippen LogP contribution in [0.4, 0.5) is 0 Å². The molecule has 224 valence electrons. The zero-order valence-corrected chi connectivity index (χ0v) is 25.5. The zero-order valence-electron chi connectivity index (χ0n) is 32.5. The van der Waals surface area contributed by atoms with Crippen LogP contribution >= 0.6 is 0 Å². The minimum absolute atomic E-state index is 0.0700. The minimum atomic E-state index is -0.491. The quantitative estimate of drug-likeness (QED) is 0.193. The van der Waals surface area contributed by atoms with Crippen molar-refractivity contribution in [2.45, 2.75) is 0 Å². The molecule has 1 heterocycles. The topological polar surface area (TPSA) is 38.7 Å². The summed E-state index contributed by atoms with van der Waals surface area (Å²) in [5, 5.41) is 3.58. The summed E-state index contributed by atoms with van der Waals surface area (Å²) in [7, 11) is 0. The summed E-state index contributed by atoms with van der Waals surface area (Å²) in [6.45, 7) is 0. The maximum Gasteiger partial charge on any atom is 0.164 e. The van der Waals surface area contributed by atoms with Crippen molar-refractivity contribution in [3.05, 3.63) is 176 Å². The molecule has 0 N–H and O–H groups in total. The lowest BCUT2D eigenvalue weighted by Crippen LogP contribution is -2.01. The number of hydrogen-bond donors (Lipinski definition) is 0. The van der Waals surface area contributed by atoms with Crippen LogP contribution in [0, 0.1) is 0 Å². The standard InChI is InChI=1S/C45H29N3/c1-3-12-31(13-4-1)40-19-9-17-32-18-10-20-41(42(32)40)45-47-43(33-14-5-2-6-15-33)46-44(48-45)39-26-25-37-28-36(23-24-38(37)29-39)35-22-21-30-11-7-8-16-34(30)27-35/h1-29H/i7D,8D,11D,16D,21D,22D,27D. The highest BCUT2D eigenvalue weighted by Gasteiger charge is 2.17. The molecule has 3 nitrogen and oxygen atoms in total. The van der Waals surface area contributed by atoms with Crippen LogP contribution in [0.3, 0.4) is 0 Å². The molecule has 0 bridgehead atoms. The lowest BCUT2D eigenvalue weighted by molar-refractivity contribution is 1.08. The predicted octanol–water partition coefficient (Wildman–Crippen LogP) is 11.7. The number of fused-ring (bicyclic) bond motifs is 3.